The van der Waals surface area contributed by atoms with Crippen LogP contribution in [0.4, 0.5) is 0 Å². The second-order valence-corrected chi connectivity index (χ2v) is 2.70. The van der Waals surface area contributed by atoms with E-state index in [4.69, 9.17) is 15.2 Å². The maximum atomic E-state index is 9.43. The van der Waals surface area contributed by atoms with E-state index in [-0.39, 0.29) is 6.54 Å². The lowest BCUT2D eigenvalue weighted by atomic mass is 10.2. The Kier molecular flexibility index (Phi) is 3.67. The van der Waals surface area contributed by atoms with E-state index in [1.165, 1.54) is 14.2 Å². The summed E-state index contributed by atoms with van der Waals surface area (Å²) in [7, 11) is 3.02. The monoisotopic (exact) mass is 198 g/mol. The van der Waals surface area contributed by atoms with Gasteiger partial charge in [-0.2, -0.15) is 0 Å². The van der Waals surface area contributed by atoms with Crippen LogP contribution in [0.25, 0.3) is 0 Å². The van der Waals surface area contributed by atoms with Crippen molar-refractivity contribution in [2.75, 3.05) is 20.8 Å². The molecule has 0 bridgehead atoms. The second-order valence-electron chi connectivity index (χ2n) is 2.70. The maximum absolute atomic E-state index is 9.43. The molecule has 1 rings (SSSR count). The van der Waals surface area contributed by atoms with Crippen molar-refractivity contribution in [2.45, 2.75) is 6.10 Å². The van der Waals surface area contributed by atoms with Gasteiger partial charge >= 0.3 is 0 Å². The Hall–Kier alpha value is -1.33. The summed E-state index contributed by atoms with van der Waals surface area (Å²) >= 11 is 0. The van der Waals surface area contributed by atoms with Gasteiger partial charge in [-0.25, -0.2) is 4.98 Å². The summed E-state index contributed by atoms with van der Waals surface area (Å²) in [5.41, 5.74) is 5.78. The molecule has 14 heavy (non-hydrogen) atoms. The van der Waals surface area contributed by atoms with Crippen LogP contribution < -0.4 is 15.2 Å². The number of aromatic nitrogens is 1. The van der Waals surface area contributed by atoms with Crippen LogP contribution in [-0.4, -0.2) is 30.9 Å². The highest BCUT2D eigenvalue weighted by molar-refractivity contribution is 5.35. The first kappa shape index (κ1) is 10.7. The number of nitrogens with two attached hydrogens (primary N) is 1. The first-order valence-electron chi connectivity index (χ1n) is 4.20. The zero-order valence-corrected chi connectivity index (χ0v) is 8.23. The Labute approximate surface area is 82.5 Å². The third kappa shape index (κ3) is 2.12. The molecule has 1 aromatic heterocycles. The summed E-state index contributed by atoms with van der Waals surface area (Å²) in [5, 5.41) is 9.43. The molecule has 3 N–H and O–H groups in total. The molecule has 0 fully saturated rings. The van der Waals surface area contributed by atoms with Gasteiger partial charge in [-0.05, 0) is 12.1 Å². The van der Waals surface area contributed by atoms with Gasteiger partial charge in [-0.3, -0.25) is 0 Å². The lowest BCUT2D eigenvalue weighted by Crippen LogP contribution is -2.13. The summed E-state index contributed by atoms with van der Waals surface area (Å²) in [6, 6.07) is 3.33. The van der Waals surface area contributed by atoms with Crippen molar-refractivity contribution < 1.29 is 14.6 Å². The van der Waals surface area contributed by atoms with Crippen LogP contribution in [0.15, 0.2) is 12.1 Å². The minimum absolute atomic E-state index is 0.127. The Balaban J connectivity index is 3.01. The second kappa shape index (κ2) is 4.78. The first-order chi connectivity index (χ1) is 6.72. The molecule has 0 spiro atoms. The highest BCUT2D eigenvalue weighted by atomic mass is 16.5. The molecule has 0 radical (unpaired) electrons. The van der Waals surface area contributed by atoms with E-state index < -0.39 is 6.10 Å². The van der Waals surface area contributed by atoms with Gasteiger partial charge in [-0.15, -0.1) is 0 Å². The fourth-order valence-corrected chi connectivity index (χ4v) is 1.05. The molecule has 0 aliphatic heterocycles. The van der Waals surface area contributed by atoms with Crippen LogP contribution >= 0.6 is 0 Å². The number of ether oxygens (including phenoxy) is 2. The number of aliphatic hydroxyl groups excluding tert-OH is 1. The van der Waals surface area contributed by atoms with Crippen molar-refractivity contribution in [1.29, 1.82) is 0 Å². The third-order valence-electron chi connectivity index (χ3n) is 1.82. The van der Waals surface area contributed by atoms with Gasteiger partial charge in [0.05, 0.1) is 19.9 Å². The van der Waals surface area contributed by atoms with Gasteiger partial charge in [0, 0.05) is 6.54 Å². The van der Waals surface area contributed by atoms with E-state index in [9.17, 15) is 5.11 Å². The quantitative estimate of drug-likeness (QED) is 0.717. The minimum atomic E-state index is -0.769. The van der Waals surface area contributed by atoms with Crippen LogP contribution in [-0.2, 0) is 0 Å². The lowest BCUT2D eigenvalue weighted by molar-refractivity contribution is 0.180. The molecule has 1 aromatic rings. The molecular formula is C9H14N2O3. The summed E-state index contributed by atoms with van der Waals surface area (Å²) in [6.45, 7) is 0.127. The lowest BCUT2D eigenvalue weighted by Gasteiger charge is -2.10. The van der Waals surface area contributed by atoms with Crippen molar-refractivity contribution >= 4 is 0 Å². The SMILES string of the molecule is COc1ccc(C(O)CN)nc1OC. The van der Waals surface area contributed by atoms with Gasteiger partial charge in [0.1, 0.15) is 6.10 Å². The number of aliphatic hydroxyl groups is 1. The summed E-state index contributed by atoms with van der Waals surface area (Å²) in [4.78, 5) is 4.06. The normalized spacial score (nSPS) is 12.3. The van der Waals surface area contributed by atoms with Crippen molar-refractivity contribution in [3.63, 3.8) is 0 Å². The maximum Gasteiger partial charge on any atom is 0.257 e. The smallest absolute Gasteiger partial charge is 0.257 e. The highest BCUT2D eigenvalue weighted by Gasteiger charge is 2.11. The summed E-state index contributed by atoms with van der Waals surface area (Å²) in [5.74, 6) is 0.873. The fraction of sp³-hybridized carbons (Fsp3) is 0.444. The fourth-order valence-electron chi connectivity index (χ4n) is 1.05. The van der Waals surface area contributed by atoms with Gasteiger partial charge in [-0.1, -0.05) is 0 Å². The first-order valence-corrected chi connectivity index (χ1v) is 4.20. The molecular weight excluding hydrogens is 184 g/mol. The summed E-state index contributed by atoms with van der Waals surface area (Å²) < 4.78 is 9.99. The van der Waals surface area contributed by atoms with Crippen LogP contribution in [0.1, 0.15) is 11.8 Å². The average molecular weight is 198 g/mol. The zero-order valence-electron chi connectivity index (χ0n) is 8.23. The molecule has 5 nitrogen and oxygen atoms in total. The zero-order chi connectivity index (χ0) is 10.6. The molecule has 0 saturated carbocycles. The summed E-state index contributed by atoms with van der Waals surface area (Å²) in [6.07, 6.45) is -0.769. The Bertz CT molecular complexity index is 304. The van der Waals surface area contributed by atoms with E-state index in [0.29, 0.717) is 17.3 Å². The average Bonchev–Trinajstić information content (AvgIpc) is 2.26. The van der Waals surface area contributed by atoms with Crippen LogP contribution in [0.2, 0.25) is 0 Å². The molecule has 5 heteroatoms. The van der Waals surface area contributed by atoms with Crippen molar-refractivity contribution in [3.8, 4) is 11.6 Å². The molecule has 0 amide bonds. The van der Waals surface area contributed by atoms with Crippen molar-refractivity contribution in [3.05, 3.63) is 17.8 Å². The number of pyridine rings is 1. The predicted octanol–water partition coefficient (Wildman–Crippen LogP) is 0.0909. The third-order valence-corrected chi connectivity index (χ3v) is 1.82. The van der Waals surface area contributed by atoms with Crippen molar-refractivity contribution in [1.82, 2.24) is 4.98 Å². The standard InChI is InChI=1S/C9H14N2O3/c1-13-8-4-3-6(7(12)5-10)11-9(8)14-2/h3-4,7,12H,5,10H2,1-2H3. The molecule has 1 heterocycles. The molecule has 0 aliphatic rings. The van der Waals surface area contributed by atoms with Gasteiger partial charge in [0.2, 0.25) is 0 Å². The van der Waals surface area contributed by atoms with Gasteiger partial charge in [0.25, 0.3) is 5.88 Å². The highest BCUT2D eigenvalue weighted by Crippen LogP contribution is 2.25. The topological polar surface area (TPSA) is 77.6 Å². The number of nitrogens with zero attached hydrogens (tertiary/aromatic N) is 1. The van der Waals surface area contributed by atoms with Crippen molar-refractivity contribution in [2.24, 2.45) is 5.73 Å². The molecule has 0 saturated heterocycles. The predicted molar refractivity (Wildman–Crippen MR) is 51.4 cm³/mol. The van der Waals surface area contributed by atoms with E-state index in [1.54, 1.807) is 12.1 Å². The van der Waals surface area contributed by atoms with Crippen LogP contribution in [0, 0.1) is 0 Å². The Morgan fingerprint density at radius 1 is 1.43 bits per heavy atom. The van der Waals surface area contributed by atoms with Crippen LogP contribution in [0.3, 0.4) is 0 Å². The van der Waals surface area contributed by atoms with E-state index in [2.05, 4.69) is 4.98 Å². The molecule has 1 atom stereocenters. The number of hydrogen-bond acceptors (Lipinski definition) is 5. The molecule has 1 unspecified atom stereocenters. The van der Waals surface area contributed by atoms with E-state index in [1.807, 2.05) is 0 Å². The number of methoxy groups -OCH3 is 2. The van der Waals surface area contributed by atoms with Gasteiger partial charge in [0.15, 0.2) is 5.75 Å². The van der Waals surface area contributed by atoms with E-state index >= 15 is 0 Å². The molecule has 0 aromatic carbocycles. The molecule has 78 valence electrons. The number of hydrogen-bond donors (Lipinski definition) is 2. The Morgan fingerprint density at radius 3 is 2.64 bits per heavy atom. The van der Waals surface area contributed by atoms with Gasteiger partial charge < -0.3 is 20.3 Å². The number of rotatable bonds is 4. The largest absolute Gasteiger partial charge is 0.491 e. The molecule has 0 aliphatic carbocycles. The minimum Gasteiger partial charge on any atom is -0.491 e. The van der Waals surface area contributed by atoms with E-state index in [0.717, 1.165) is 0 Å². The van der Waals surface area contributed by atoms with Crippen LogP contribution in [0.5, 0.6) is 11.6 Å². The Morgan fingerprint density at radius 2 is 2.14 bits per heavy atom.